The second-order valence-corrected chi connectivity index (χ2v) is 6.69. The van der Waals surface area contributed by atoms with Crippen LogP contribution in [0.5, 0.6) is 0 Å². The number of fused-ring (bicyclic) bond motifs is 1. The van der Waals surface area contributed by atoms with Crippen LogP contribution in [0.3, 0.4) is 0 Å². The van der Waals surface area contributed by atoms with E-state index in [-0.39, 0.29) is 6.10 Å². The van der Waals surface area contributed by atoms with Gasteiger partial charge in [-0.15, -0.1) is 0 Å². The van der Waals surface area contributed by atoms with Crippen LogP contribution in [0, 0.1) is 0 Å². The summed E-state index contributed by atoms with van der Waals surface area (Å²) in [5.41, 5.74) is 2.98. The summed E-state index contributed by atoms with van der Waals surface area (Å²) >= 11 is 0. The van der Waals surface area contributed by atoms with E-state index in [1.807, 2.05) is 24.4 Å². The van der Waals surface area contributed by atoms with Crippen molar-refractivity contribution in [3.63, 3.8) is 0 Å². The first kappa shape index (κ1) is 17.6. The zero-order valence-corrected chi connectivity index (χ0v) is 15.7. The van der Waals surface area contributed by atoms with Crippen molar-refractivity contribution in [2.45, 2.75) is 32.9 Å². The molecule has 1 N–H and O–H groups in total. The Balaban J connectivity index is 1.66. The van der Waals surface area contributed by atoms with Gasteiger partial charge >= 0.3 is 0 Å². The van der Waals surface area contributed by atoms with E-state index in [0.717, 1.165) is 36.4 Å². The summed E-state index contributed by atoms with van der Waals surface area (Å²) in [4.78, 5) is 20.6. The zero-order chi connectivity index (χ0) is 18.6. The zero-order valence-electron chi connectivity index (χ0n) is 15.7. The fourth-order valence-electron chi connectivity index (χ4n) is 3.36. The van der Waals surface area contributed by atoms with Gasteiger partial charge in [-0.05, 0) is 37.1 Å². The molecule has 0 amide bonds. The molecule has 0 radical (unpaired) electrons. The van der Waals surface area contributed by atoms with Gasteiger partial charge in [0.1, 0.15) is 5.82 Å². The Bertz CT molecular complexity index is 931. The standard InChI is InChI=1S/C20H24N6O/c1-3-17-15(6-4-8-21-17)12-23-19-16-7-5-9-22-18(16)24-20(25-19)26-10-11-27-14(2)13-26/h4-9,14H,3,10-13H2,1-2H3,(H,22,23,24,25). The summed E-state index contributed by atoms with van der Waals surface area (Å²) in [5, 5.41) is 4.40. The van der Waals surface area contributed by atoms with Crippen LogP contribution in [-0.2, 0) is 17.7 Å². The lowest BCUT2D eigenvalue weighted by atomic mass is 10.1. The predicted molar refractivity (Wildman–Crippen MR) is 106 cm³/mol. The molecule has 0 bridgehead atoms. The molecule has 1 unspecified atom stereocenters. The van der Waals surface area contributed by atoms with Crippen LogP contribution in [0.2, 0.25) is 0 Å². The van der Waals surface area contributed by atoms with Crippen molar-refractivity contribution in [1.29, 1.82) is 0 Å². The Morgan fingerprint density at radius 1 is 1.19 bits per heavy atom. The van der Waals surface area contributed by atoms with Gasteiger partial charge in [-0.1, -0.05) is 13.0 Å². The summed E-state index contributed by atoms with van der Waals surface area (Å²) in [6.07, 6.45) is 4.67. The van der Waals surface area contributed by atoms with Crippen molar-refractivity contribution >= 4 is 22.8 Å². The van der Waals surface area contributed by atoms with E-state index in [2.05, 4.69) is 45.1 Å². The van der Waals surface area contributed by atoms with Gasteiger partial charge in [0, 0.05) is 37.7 Å². The SMILES string of the molecule is CCc1ncccc1CNc1nc(N2CCOC(C)C2)nc2ncccc12. The average Bonchev–Trinajstić information content (AvgIpc) is 2.72. The van der Waals surface area contributed by atoms with Crippen molar-refractivity contribution < 1.29 is 4.74 Å². The smallest absolute Gasteiger partial charge is 0.229 e. The summed E-state index contributed by atoms with van der Waals surface area (Å²) in [7, 11) is 0. The van der Waals surface area contributed by atoms with Crippen LogP contribution in [0.15, 0.2) is 36.7 Å². The number of anilines is 2. The van der Waals surface area contributed by atoms with Crippen LogP contribution >= 0.6 is 0 Å². The molecule has 4 rings (SSSR count). The van der Waals surface area contributed by atoms with Crippen LogP contribution in [0.25, 0.3) is 11.0 Å². The molecule has 1 aliphatic heterocycles. The summed E-state index contributed by atoms with van der Waals surface area (Å²) < 4.78 is 5.64. The lowest BCUT2D eigenvalue weighted by Crippen LogP contribution is -2.42. The number of rotatable bonds is 5. The molecule has 1 fully saturated rings. The van der Waals surface area contributed by atoms with Gasteiger partial charge in [0.15, 0.2) is 5.65 Å². The topological polar surface area (TPSA) is 76.1 Å². The molecular weight excluding hydrogens is 340 g/mol. The molecule has 3 aromatic rings. The highest BCUT2D eigenvalue weighted by Crippen LogP contribution is 2.24. The van der Waals surface area contributed by atoms with Gasteiger partial charge in [0.2, 0.25) is 5.95 Å². The fraction of sp³-hybridized carbons (Fsp3) is 0.400. The molecule has 1 aliphatic rings. The van der Waals surface area contributed by atoms with E-state index < -0.39 is 0 Å². The fourth-order valence-corrected chi connectivity index (χ4v) is 3.36. The van der Waals surface area contributed by atoms with E-state index >= 15 is 0 Å². The van der Waals surface area contributed by atoms with Gasteiger partial charge in [0.25, 0.3) is 0 Å². The number of aryl methyl sites for hydroxylation is 1. The van der Waals surface area contributed by atoms with Crippen molar-refractivity contribution in [1.82, 2.24) is 19.9 Å². The second-order valence-electron chi connectivity index (χ2n) is 6.69. The average molecular weight is 364 g/mol. The minimum Gasteiger partial charge on any atom is -0.375 e. The van der Waals surface area contributed by atoms with Crippen LogP contribution in [-0.4, -0.2) is 45.7 Å². The van der Waals surface area contributed by atoms with Crippen molar-refractivity contribution in [2.75, 3.05) is 29.9 Å². The Kier molecular flexibility index (Phi) is 5.11. The van der Waals surface area contributed by atoms with Gasteiger partial charge in [0.05, 0.1) is 18.1 Å². The highest BCUT2D eigenvalue weighted by molar-refractivity contribution is 5.87. The molecular formula is C20H24N6O. The molecule has 3 aromatic heterocycles. The van der Waals surface area contributed by atoms with Gasteiger partial charge in [-0.3, -0.25) is 4.98 Å². The molecule has 7 heteroatoms. The first-order chi connectivity index (χ1) is 13.2. The minimum atomic E-state index is 0.167. The number of aromatic nitrogens is 4. The quantitative estimate of drug-likeness (QED) is 0.746. The Hall–Kier alpha value is -2.80. The molecule has 4 heterocycles. The van der Waals surface area contributed by atoms with Gasteiger partial charge in [-0.25, -0.2) is 4.98 Å². The maximum Gasteiger partial charge on any atom is 0.229 e. The molecule has 27 heavy (non-hydrogen) atoms. The third-order valence-electron chi connectivity index (χ3n) is 4.75. The largest absolute Gasteiger partial charge is 0.375 e. The Labute approximate surface area is 158 Å². The van der Waals surface area contributed by atoms with Crippen LogP contribution < -0.4 is 10.2 Å². The highest BCUT2D eigenvalue weighted by Gasteiger charge is 2.21. The lowest BCUT2D eigenvalue weighted by Gasteiger charge is -2.31. The van der Waals surface area contributed by atoms with E-state index in [1.54, 1.807) is 6.20 Å². The first-order valence-electron chi connectivity index (χ1n) is 9.40. The summed E-state index contributed by atoms with van der Waals surface area (Å²) in [6, 6.07) is 7.98. The summed E-state index contributed by atoms with van der Waals surface area (Å²) in [5.74, 6) is 1.49. The number of pyridine rings is 2. The maximum absolute atomic E-state index is 5.64. The first-order valence-corrected chi connectivity index (χ1v) is 9.40. The monoisotopic (exact) mass is 364 g/mol. The van der Waals surface area contributed by atoms with E-state index in [9.17, 15) is 0 Å². The van der Waals surface area contributed by atoms with E-state index in [1.165, 1.54) is 5.56 Å². The van der Waals surface area contributed by atoms with Gasteiger partial charge < -0.3 is 15.0 Å². The molecule has 0 spiro atoms. The van der Waals surface area contributed by atoms with Gasteiger partial charge in [-0.2, -0.15) is 9.97 Å². The number of hydrogen-bond acceptors (Lipinski definition) is 7. The molecule has 140 valence electrons. The third-order valence-corrected chi connectivity index (χ3v) is 4.75. The maximum atomic E-state index is 5.64. The Morgan fingerprint density at radius 2 is 2.04 bits per heavy atom. The molecule has 7 nitrogen and oxygen atoms in total. The van der Waals surface area contributed by atoms with Crippen LogP contribution in [0.1, 0.15) is 25.1 Å². The van der Waals surface area contributed by atoms with E-state index in [4.69, 9.17) is 9.72 Å². The lowest BCUT2D eigenvalue weighted by molar-refractivity contribution is 0.0526. The van der Waals surface area contributed by atoms with Crippen molar-refractivity contribution in [2.24, 2.45) is 0 Å². The molecule has 0 saturated carbocycles. The molecule has 0 aliphatic carbocycles. The molecule has 1 saturated heterocycles. The van der Waals surface area contributed by atoms with Crippen molar-refractivity contribution in [3.8, 4) is 0 Å². The number of morpholine rings is 1. The third kappa shape index (κ3) is 3.83. The molecule has 0 aromatic carbocycles. The molecule has 1 atom stereocenters. The number of hydrogen-bond donors (Lipinski definition) is 1. The highest BCUT2D eigenvalue weighted by atomic mass is 16.5. The van der Waals surface area contributed by atoms with Crippen molar-refractivity contribution in [3.05, 3.63) is 47.9 Å². The summed E-state index contributed by atoms with van der Waals surface area (Å²) in [6.45, 7) is 7.10. The number of nitrogens with zero attached hydrogens (tertiary/aromatic N) is 5. The second kappa shape index (κ2) is 7.84. The van der Waals surface area contributed by atoms with E-state index in [0.29, 0.717) is 24.7 Å². The minimum absolute atomic E-state index is 0.167. The number of nitrogens with one attached hydrogen (secondary N) is 1. The predicted octanol–water partition coefficient (Wildman–Crippen LogP) is 2.82. The van der Waals surface area contributed by atoms with Crippen LogP contribution in [0.4, 0.5) is 11.8 Å². The number of ether oxygens (including phenoxy) is 1. The normalized spacial score (nSPS) is 17.3. The Morgan fingerprint density at radius 3 is 2.89 bits per heavy atom.